The number of nitrogens with one attached hydrogen (secondary N) is 1. The van der Waals surface area contributed by atoms with Gasteiger partial charge in [-0.15, -0.1) is 0 Å². The monoisotopic (exact) mass is 450 g/mol. The van der Waals surface area contributed by atoms with E-state index in [4.69, 9.17) is 14.2 Å². The molecule has 0 amide bonds. The van der Waals surface area contributed by atoms with E-state index >= 15 is 0 Å². The Kier molecular flexibility index (Phi) is 10.4. The molecule has 0 fully saturated rings. The van der Waals surface area contributed by atoms with Crippen molar-refractivity contribution in [1.29, 1.82) is 0 Å². The maximum Gasteiger partial charge on any atom is 1.00 e. The summed E-state index contributed by atoms with van der Waals surface area (Å²) in [5.41, 5.74) is 2.40. The minimum absolute atomic E-state index is 0. The average molecular weight is 450 g/mol. The summed E-state index contributed by atoms with van der Waals surface area (Å²) < 4.78 is 31.2. The van der Waals surface area contributed by atoms with E-state index in [1.54, 1.807) is 38.5 Å². The molecular formula is C18H17N2Na2O7P. The van der Waals surface area contributed by atoms with Gasteiger partial charge < -0.3 is 38.1 Å². The molecule has 30 heavy (non-hydrogen) atoms. The number of ether oxygens (including phenoxy) is 3. The molecule has 0 aliphatic rings. The van der Waals surface area contributed by atoms with Crippen molar-refractivity contribution in [2.75, 3.05) is 21.3 Å². The number of rotatable bonds is 7. The van der Waals surface area contributed by atoms with Gasteiger partial charge in [0, 0.05) is 17.2 Å². The number of nitrogens with zero attached hydrogens (tertiary/aromatic N) is 1. The zero-order valence-electron chi connectivity index (χ0n) is 17.3. The molecule has 0 spiro atoms. The fraction of sp³-hybridized carbons (Fsp3) is 0.167. The van der Waals surface area contributed by atoms with E-state index in [1.165, 1.54) is 25.6 Å². The minimum Gasteiger partial charge on any atom is -0.780 e. The van der Waals surface area contributed by atoms with E-state index in [0.717, 1.165) is 0 Å². The van der Waals surface area contributed by atoms with E-state index in [9.17, 15) is 14.4 Å². The predicted octanol–water partition coefficient (Wildman–Crippen LogP) is -4.01. The topological polar surface area (TPSA) is 129 Å². The molecule has 3 aromatic rings. The van der Waals surface area contributed by atoms with Gasteiger partial charge in [-0.2, -0.15) is 0 Å². The van der Waals surface area contributed by atoms with E-state index in [1.807, 2.05) is 0 Å². The zero-order valence-corrected chi connectivity index (χ0v) is 22.2. The summed E-state index contributed by atoms with van der Waals surface area (Å²) in [5, 5.41) is 0. The van der Waals surface area contributed by atoms with Crippen LogP contribution in [0.15, 0.2) is 42.7 Å². The Bertz CT molecular complexity index is 1020. The first-order valence-electron chi connectivity index (χ1n) is 8.01. The number of benzene rings is 2. The fourth-order valence-electron chi connectivity index (χ4n) is 2.70. The Balaban J connectivity index is 0.00000225. The molecule has 3 rings (SSSR count). The largest absolute Gasteiger partial charge is 1.00 e. The summed E-state index contributed by atoms with van der Waals surface area (Å²) in [5.74, 6) is 1.07. The average Bonchev–Trinajstić information content (AvgIpc) is 3.16. The van der Waals surface area contributed by atoms with Crippen LogP contribution in [0.2, 0.25) is 0 Å². The van der Waals surface area contributed by atoms with Crippen LogP contribution >= 0.6 is 7.82 Å². The van der Waals surface area contributed by atoms with E-state index in [2.05, 4.69) is 14.5 Å². The standard InChI is InChI=1S/C18H19N2O7P.2Na/c1-24-13-6-12(7-14(9-13)25-2)18-17(19-10-20-18)11-4-5-15(26-3)16(8-11)27-28(21,22)23;;/h4-10H,1-3H3,(H,19,20)(H2,21,22,23);;/q;2*+1/p-2. The minimum atomic E-state index is -5.25. The van der Waals surface area contributed by atoms with Crippen molar-refractivity contribution in [2.24, 2.45) is 0 Å². The number of H-pyrrole nitrogens is 1. The number of phosphoric acid groups is 1. The number of imidazole rings is 1. The number of phosphoric ester groups is 1. The maximum absolute atomic E-state index is 11.0. The van der Waals surface area contributed by atoms with Crippen LogP contribution in [0.25, 0.3) is 22.5 Å². The molecule has 1 aromatic heterocycles. The molecule has 1 N–H and O–H groups in total. The van der Waals surface area contributed by atoms with Crippen molar-refractivity contribution in [3.8, 4) is 45.5 Å². The second kappa shape index (κ2) is 11.6. The summed E-state index contributed by atoms with van der Waals surface area (Å²) in [6.07, 6.45) is 1.49. The number of hydrogen-bond donors (Lipinski definition) is 1. The molecule has 1 heterocycles. The Hall–Kier alpha value is -1.00. The molecule has 0 radical (unpaired) electrons. The van der Waals surface area contributed by atoms with E-state index in [0.29, 0.717) is 34.0 Å². The van der Waals surface area contributed by atoms with Crippen LogP contribution in [0.5, 0.6) is 23.0 Å². The van der Waals surface area contributed by atoms with Crippen molar-refractivity contribution >= 4 is 7.82 Å². The van der Waals surface area contributed by atoms with Crippen LogP contribution in [0.3, 0.4) is 0 Å². The normalized spacial score (nSPS) is 10.4. The molecule has 0 aliphatic carbocycles. The Labute approximate surface area is 217 Å². The van der Waals surface area contributed by atoms with Gasteiger partial charge in [0.2, 0.25) is 0 Å². The third-order valence-electron chi connectivity index (χ3n) is 3.93. The molecule has 0 saturated carbocycles. The molecular weight excluding hydrogens is 433 g/mol. The third kappa shape index (κ3) is 6.50. The van der Waals surface area contributed by atoms with Gasteiger partial charge in [0.1, 0.15) is 19.3 Å². The quantitative estimate of drug-likeness (QED) is 0.285. The van der Waals surface area contributed by atoms with Gasteiger partial charge in [-0.25, -0.2) is 4.98 Å². The van der Waals surface area contributed by atoms with Gasteiger partial charge in [-0.1, -0.05) is 0 Å². The van der Waals surface area contributed by atoms with Crippen LogP contribution in [-0.4, -0.2) is 31.3 Å². The van der Waals surface area contributed by atoms with Crippen molar-refractivity contribution in [3.05, 3.63) is 42.7 Å². The summed E-state index contributed by atoms with van der Waals surface area (Å²) in [6, 6.07) is 9.86. The second-order valence-corrected chi connectivity index (χ2v) is 6.71. The van der Waals surface area contributed by atoms with Crippen LogP contribution in [-0.2, 0) is 4.57 Å². The van der Waals surface area contributed by atoms with Crippen LogP contribution in [0, 0.1) is 0 Å². The molecule has 9 nitrogen and oxygen atoms in total. The maximum atomic E-state index is 11.0. The smallest absolute Gasteiger partial charge is 0.780 e. The Morgan fingerprint density at radius 3 is 2.03 bits per heavy atom. The van der Waals surface area contributed by atoms with Crippen molar-refractivity contribution in [3.63, 3.8) is 0 Å². The van der Waals surface area contributed by atoms with Crippen molar-refractivity contribution < 1.29 is 92.2 Å². The van der Waals surface area contributed by atoms with E-state index < -0.39 is 7.82 Å². The molecule has 12 heteroatoms. The number of aromatic nitrogens is 2. The molecule has 0 saturated heterocycles. The first kappa shape index (κ1) is 27.0. The van der Waals surface area contributed by atoms with Crippen LogP contribution in [0.1, 0.15) is 0 Å². The SMILES string of the molecule is COc1cc(OC)cc(-c2nc[nH]c2-c2ccc(OC)c(OP(=O)([O-])[O-])c2)c1.[Na+].[Na+]. The van der Waals surface area contributed by atoms with Gasteiger partial charge in [0.25, 0.3) is 0 Å². The van der Waals surface area contributed by atoms with Crippen LogP contribution in [0.4, 0.5) is 0 Å². The Morgan fingerprint density at radius 1 is 0.867 bits per heavy atom. The summed E-state index contributed by atoms with van der Waals surface area (Å²) in [6.45, 7) is 0. The van der Waals surface area contributed by atoms with Gasteiger partial charge >= 0.3 is 59.1 Å². The van der Waals surface area contributed by atoms with Gasteiger partial charge in [-0.05, 0) is 30.3 Å². The molecule has 0 unspecified atom stereocenters. The summed E-state index contributed by atoms with van der Waals surface area (Å²) in [7, 11) is -0.829. The molecule has 148 valence electrons. The number of hydrogen-bond acceptors (Lipinski definition) is 8. The zero-order chi connectivity index (χ0) is 20.3. The first-order valence-corrected chi connectivity index (χ1v) is 9.47. The number of aromatic amines is 1. The van der Waals surface area contributed by atoms with Crippen molar-refractivity contribution in [1.82, 2.24) is 9.97 Å². The summed E-state index contributed by atoms with van der Waals surface area (Å²) >= 11 is 0. The van der Waals surface area contributed by atoms with Gasteiger partial charge in [0.05, 0.1) is 39.0 Å². The predicted molar refractivity (Wildman–Crippen MR) is 97.4 cm³/mol. The first-order chi connectivity index (χ1) is 13.3. The second-order valence-electron chi connectivity index (χ2n) is 5.63. The number of methoxy groups -OCH3 is 3. The fourth-order valence-corrected chi connectivity index (χ4v) is 3.08. The molecule has 0 aliphatic heterocycles. The van der Waals surface area contributed by atoms with Gasteiger partial charge in [0.15, 0.2) is 11.5 Å². The van der Waals surface area contributed by atoms with Crippen LogP contribution < -0.4 is 87.6 Å². The summed E-state index contributed by atoms with van der Waals surface area (Å²) in [4.78, 5) is 29.4. The molecule has 0 atom stereocenters. The van der Waals surface area contributed by atoms with Gasteiger partial charge in [-0.3, -0.25) is 0 Å². The molecule has 0 bridgehead atoms. The van der Waals surface area contributed by atoms with E-state index in [-0.39, 0.29) is 70.6 Å². The van der Waals surface area contributed by atoms with Crippen molar-refractivity contribution in [2.45, 2.75) is 0 Å². The Morgan fingerprint density at radius 2 is 1.50 bits per heavy atom. The molecule has 2 aromatic carbocycles. The third-order valence-corrected chi connectivity index (χ3v) is 4.35.